The zero-order valence-corrected chi connectivity index (χ0v) is 30.7. The lowest BCUT2D eigenvalue weighted by Crippen LogP contribution is -2.40. The second-order valence-electron chi connectivity index (χ2n) is 14.1. The summed E-state index contributed by atoms with van der Waals surface area (Å²) < 4.78 is 29.9. The first-order chi connectivity index (χ1) is 26.1. The van der Waals surface area contributed by atoms with E-state index in [0.717, 1.165) is 63.1 Å². The number of anilines is 3. The van der Waals surface area contributed by atoms with Crippen LogP contribution in [0.2, 0.25) is 10.0 Å². The second-order valence-corrected chi connectivity index (χ2v) is 14.9. The van der Waals surface area contributed by atoms with Gasteiger partial charge in [0.25, 0.3) is 12.3 Å². The minimum atomic E-state index is -2.93. The molecule has 12 nitrogen and oxygen atoms in total. The fraction of sp³-hybridized carbons (Fsp3) is 0.395. The maximum atomic E-state index is 14.0. The van der Waals surface area contributed by atoms with Gasteiger partial charge in [-0.25, -0.2) is 18.7 Å². The van der Waals surface area contributed by atoms with Gasteiger partial charge in [0.1, 0.15) is 5.52 Å². The van der Waals surface area contributed by atoms with E-state index < -0.39 is 18.2 Å². The number of piperidine rings is 1. The lowest BCUT2D eigenvalue weighted by Gasteiger charge is -2.38. The lowest BCUT2D eigenvalue weighted by molar-refractivity contribution is 0.0512. The molecular formula is C38H39Cl2F2N9O3. The molecule has 1 unspecified atom stereocenters. The summed E-state index contributed by atoms with van der Waals surface area (Å²) in [7, 11) is 0. The number of amides is 1. The zero-order valence-electron chi connectivity index (χ0n) is 29.2. The van der Waals surface area contributed by atoms with Gasteiger partial charge in [-0.2, -0.15) is 5.10 Å². The van der Waals surface area contributed by atoms with E-state index >= 15 is 0 Å². The molecule has 2 atom stereocenters. The monoisotopic (exact) mass is 777 g/mol. The number of nitrogens with zero attached hydrogens (tertiary/aromatic N) is 7. The SMILES string of the molecule is O=C(Nc1cccc(-c2cccc(Nc3nc(C(F)F)nc4cc(CN5CC[C@@H](O)C5)cnc34)c2Cl)c1Cl)c1cc2n(n1)CCCC2N1CCC(O)CC1. The van der Waals surface area contributed by atoms with Crippen molar-refractivity contribution in [1.29, 1.82) is 0 Å². The van der Waals surface area contributed by atoms with E-state index in [2.05, 4.69) is 40.5 Å². The Balaban J connectivity index is 1.04. The summed E-state index contributed by atoms with van der Waals surface area (Å²) in [6, 6.07) is 14.1. The summed E-state index contributed by atoms with van der Waals surface area (Å²) in [5, 5.41) is 31.1. The number of carbonyl (C=O) groups is 1. The number of halogens is 4. The van der Waals surface area contributed by atoms with Crippen LogP contribution in [0, 0.1) is 0 Å². The third kappa shape index (κ3) is 7.51. The quantitative estimate of drug-likeness (QED) is 0.124. The second kappa shape index (κ2) is 15.4. The summed E-state index contributed by atoms with van der Waals surface area (Å²) in [6.45, 7) is 4.09. The molecule has 2 aromatic carbocycles. The van der Waals surface area contributed by atoms with Gasteiger partial charge >= 0.3 is 0 Å². The van der Waals surface area contributed by atoms with Gasteiger partial charge in [0.05, 0.1) is 50.9 Å². The molecular weight excluding hydrogens is 739 g/mol. The van der Waals surface area contributed by atoms with E-state index in [1.54, 1.807) is 48.7 Å². The molecule has 1 amide bonds. The van der Waals surface area contributed by atoms with Crippen LogP contribution in [0.5, 0.6) is 0 Å². The smallest absolute Gasteiger partial charge is 0.297 e. The molecule has 3 aromatic heterocycles. The van der Waals surface area contributed by atoms with Gasteiger partial charge in [-0.05, 0) is 61.9 Å². The number of aliphatic hydroxyl groups excluding tert-OH is 2. The molecule has 54 heavy (non-hydrogen) atoms. The normalized spacial score (nSPS) is 19.8. The molecule has 6 heterocycles. The fourth-order valence-corrected chi connectivity index (χ4v) is 8.24. The Hall–Kier alpha value is -4.31. The highest BCUT2D eigenvalue weighted by Crippen LogP contribution is 2.42. The maximum absolute atomic E-state index is 14.0. The molecule has 2 fully saturated rings. The van der Waals surface area contributed by atoms with Gasteiger partial charge in [0.15, 0.2) is 17.3 Å². The summed E-state index contributed by atoms with van der Waals surface area (Å²) in [6.07, 6.45) is 2.14. The first-order valence-corrected chi connectivity index (χ1v) is 18.9. The van der Waals surface area contributed by atoms with E-state index in [4.69, 9.17) is 23.2 Å². The summed E-state index contributed by atoms with van der Waals surface area (Å²) in [5.74, 6) is -0.989. The van der Waals surface area contributed by atoms with Crippen molar-refractivity contribution in [3.05, 3.63) is 87.5 Å². The molecule has 8 rings (SSSR count). The van der Waals surface area contributed by atoms with Crippen molar-refractivity contribution < 1.29 is 23.8 Å². The van der Waals surface area contributed by atoms with Crippen LogP contribution in [0.3, 0.4) is 0 Å². The number of alkyl halides is 2. The largest absolute Gasteiger partial charge is 0.393 e. The van der Waals surface area contributed by atoms with Gasteiger partial charge in [0.2, 0.25) is 0 Å². The average molecular weight is 779 g/mol. The summed E-state index contributed by atoms with van der Waals surface area (Å²) in [4.78, 5) is 30.7. The minimum absolute atomic E-state index is 0.0625. The van der Waals surface area contributed by atoms with E-state index in [1.165, 1.54) is 0 Å². The topological polar surface area (TPSA) is 145 Å². The number of β-amino-alcohol motifs (C(OH)–C–C–N with tert-alkyl or cyclic N) is 1. The Morgan fingerprint density at radius 1 is 0.907 bits per heavy atom. The molecule has 4 N–H and O–H groups in total. The van der Waals surface area contributed by atoms with Gasteiger partial charge in [-0.3, -0.25) is 24.3 Å². The Bertz CT molecular complexity index is 2200. The van der Waals surface area contributed by atoms with E-state index in [0.29, 0.717) is 42.0 Å². The molecule has 0 radical (unpaired) electrons. The Labute approximate surface area is 320 Å². The number of benzene rings is 2. The zero-order chi connectivity index (χ0) is 37.5. The van der Waals surface area contributed by atoms with Crippen molar-refractivity contribution in [1.82, 2.24) is 34.5 Å². The number of rotatable bonds is 9. The standard InChI is InChI=1S/C38H39Cl2F2N9O3/c39-32-24(4-1-6-26(32)44-36-34-28(45-37(47-36)35(41)42)16-21(18-43-34)19-49-13-9-23(53)20-49)25-5-2-7-27(33(25)40)46-38(54)29-17-31-30(8-3-12-51(31)48-29)50-14-10-22(52)11-15-50/h1-2,4-7,16-18,22-23,30,35,52-53H,3,8-15,19-20H2,(H,46,54)(H,44,45,47)/t23-,30?/m1/s1. The minimum Gasteiger partial charge on any atom is -0.393 e. The summed E-state index contributed by atoms with van der Waals surface area (Å²) >= 11 is 13.9. The highest BCUT2D eigenvalue weighted by molar-refractivity contribution is 6.39. The number of aryl methyl sites for hydroxylation is 1. The number of fused-ring (bicyclic) bond motifs is 2. The number of nitrogens with one attached hydrogen (secondary N) is 2. The Morgan fingerprint density at radius 2 is 1.63 bits per heavy atom. The van der Waals surface area contributed by atoms with E-state index in [1.807, 2.05) is 10.7 Å². The molecule has 5 aromatic rings. The first-order valence-electron chi connectivity index (χ1n) is 18.1. The first kappa shape index (κ1) is 36.7. The number of likely N-dealkylation sites (tertiary alicyclic amines) is 2. The third-order valence-electron chi connectivity index (χ3n) is 10.4. The molecule has 0 bridgehead atoms. The van der Waals surface area contributed by atoms with Crippen LogP contribution in [0.1, 0.15) is 72.1 Å². The molecule has 3 aliphatic rings. The molecule has 282 valence electrons. The van der Waals surface area contributed by atoms with Gasteiger partial charge in [0, 0.05) is 56.6 Å². The number of hydrogen-bond donors (Lipinski definition) is 4. The molecule has 0 spiro atoms. The average Bonchev–Trinajstić information content (AvgIpc) is 3.79. The molecule has 0 aliphatic carbocycles. The lowest BCUT2D eigenvalue weighted by atomic mass is 9.98. The fourth-order valence-electron chi connectivity index (χ4n) is 7.69. The number of carbonyl (C=O) groups excluding carboxylic acids is 1. The predicted octanol–water partition coefficient (Wildman–Crippen LogP) is 6.99. The highest BCUT2D eigenvalue weighted by atomic mass is 35.5. The molecule has 2 saturated heterocycles. The van der Waals surface area contributed by atoms with Crippen LogP contribution in [-0.2, 0) is 13.1 Å². The van der Waals surface area contributed by atoms with Crippen molar-refractivity contribution in [2.24, 2.45) is 0 Å². The highest BCUT2D eigenvalue weighted by Gasteiger charge is 2.31. The Kier molecular flexibility index (Phi) is 10.5. The van der Waals surface area contributed by atoms with Gasteiger partial charge < -0.3 is 20.8 Å². The number of hydrogen-bond acceptors (Lipinski definition) is 10. The predicted molar refractivity (Wildman–Crippen MR) is 202 cm³/mol. The van der Waals surface area contributed by atoms with Crippen LogP contribution >= 0.6 is 23.2 Å². The number of pyridine rings is 1. The maximum Gasteiger partial charge on any atom is 0.297 e. The van der Waals surface area contributed by atoms with Crippen molar-refractivity contribution >= 4 is 57.3 Å². The number of aliphatic hydroxyl groups is 2. The van der Waals surface area contributed by atoms with Crippen molar-refractivity contribution in [2.45, 2.75) is 69.9 Å². The van der Waals surface area contributed by atoms with Crippen molar-refractivity contribution in [3.8, 4) is 11.1 Å². The van der Waals surface area contributed by atoms with Crippen LogP contribution in [0.4, 0.5) is 26.0 Å². The van der Waals surface area contributed by atoms with E-state index in [9.17, 15) is 23.8 Å². The van der Waals surface area contributed by atoms with Crippen molar-refractivity contribution in [3.63, 3.8) is 0 Å². The third-order valence-corrected chi connectivity index (χ3v) is 11.2. The van der Waals surface area contributed by atoms with Crippen molar-refractivity contribution in [2.75, 3.05) is 36.8 Å². The molecule has 3 aliphatic heterocycles. The van der Waals surface area contributed by atoms with Crippen LogP contribution in [0.25, 0.3) is 22.2 Å². The van der Waals surface area contributed by atoms with Crippen LogP contribution in [-0.4, -0.2) is 89.0 Å². The molecule has 0 saturated carbocycles. The summed E-state index contributed by atoms with van der Waals surface area (Å²) in [5.41, 5.74) is 4.41. The number of aromatic nitrogens is 5. The van der Waals surface area contributed by atoms with Crippen LogP contribution < -0.4 is 10.6 Å². The molecule has 16 heteroatoms. The van der Waals surface area contributed by atoms with E-state index in [-0.39, 0.29) is 50.8 Å². The van der Waals surface area contributed by atoms with Crippen LogP contribution in [0.15, 0.2) is 54.7 Å². The van der Waals surface area contributed by atoms with Gasteiger partial charge in [-0.15, -0.1) is 0 Å². The van der Waals surface area contributed by atoms with Gasteiger partial charge in [-0.1, -0.05) is 47.5 Å². The Morgan fingerprint density at radius 3 is 2.35 bits per heavy atom.